The SMILES string of the molecule is CN(C)CCNc1cccc(C(N)=O)n1. The molecule has 5 nitrogen and oxygen atoms in total. The van der Waals surface area contributed by atoms with Crippen molar-refractivity contribution in [3.63, 3.8) is 0 Å². The number of aromatic nitrogens is 1. The summed E-state index contributed by atoms with van der Waals surface area (Å²) in [5.41, 5.74) is 5.40. The van der Waals surface area contributed by atoms with E-state index in [1.165, 1.54) is 0 Å². The van der Waals surface area contributed by atoms with Gasteiger partial charge in [-0.3, -0.25) is 4.79 Å². The molecule has 3 N–H and O–H groups in total. The fourth-order valence-electron chi connectivity index (χ4n) is 1.08. The first-order valence-electron chi connectivity index (χ1n) is 4.75. The summed E-state index contributed by atoms with van der Waals surface area (Å²) in [5, 5.41) is 3.11. The number of anilines is 1. The third-order valence-corrected chi connectivity index (χ3v) is 1.87. The number of rotatable bonds is 5. The molecule has 0 radical (unpaired) electrons. The second-order valence-corrected chi connectivity index (χ2v) is 3.50. The predicted molar refractivity (Wildman–Crippen MR) is 59.8 cm³/mol. The number of nitrogens with zero attached hydrogens (tertiary/aromatic N) is 2. The maximum Gasteiger partial charge on any atom is 0.267 e. The Balaban J connectivity index is 2.54. The van der Waals surface area contributed by atoms with Gasteiger partial charge >= 0.3 is 0 Å². The number of nitrogens with one attached hydrogen (secondary N) is 1. The van der Waals surface area contributed by atoms with E-state index in [1.54, 1.807) is 12.1 Å². The zero-order valence-electron chi connectivity index (χ0n) is 9.03. The number of likely N-dealkylation sites (N-methyl/N-ethyl adjacent to an activating group) is 1. The van der Waals surface area contributed by atoms with Crippen molar-refractivity contribution < 1.29 is 4.79 Å². The van der Waals surface area contributed by atoms with Crippen molar-refractivity contribution in [2.24, 2.45) is 5.73 Å². The third kappa shape index (κ3) is 3.95. The molecular formula is C10H16N4O. The van der Waals surface area contributed by atoms with Crippen LogP contribution in [-0.2, 0) is 0 Å². The Morgan fingerprint density at radius 2 is 2.27 bits per heavy atom. The fourth-order valence-corrected chi connectivity index (χ4v) is 1.08. The number of carbonyl (C=O) groups excluding carboxylic acids is 1. The monoisotopic (exact) mass is 208 g/mol. The first kappa shape index (κ1) is 11.5. The summed E-state index contributed by atoms with van der Waals surface area (Å²) in [7, 11) is 3.99. The Kier molecular flexibility index (Phi) is 4.05. The quantitative estimate of drug-likeness (QED) is 0.722. The second-order valence-electron chi connectivity index (χ2n) is 3.50. The van der Waals surface area contributed by atoms with Crippen molar-refractivity contribution in [3.05, 3.63) is 23.9 Å². The van der Waals surface area contributed by atoms with Crippen molar-refractivity contribution in [1.82, 2.24) is 9.88 Å². The van der Waals surface area contributed by atoms with Crippen LogP contribution < -0.4 is 11.1 Å². The van der Waals surface area contributed by atoms with Gasteiger partial charge in [0.05, 0.1) is 0 Å². The Morgan fingerprint density at radius 3 is 2.87 bits per heavy atom. The minimum atomic E-state index is -0.508. The first-order valence-corrected chi connectivity index (χ1v) is 4.75. The Labute approximate surface area is 89.3 Å². The van der Waals surface area contributed by atoms with Crippen molar-refractivity contribution in [1.29, 1.82) is 0 Å². The van der Waals surface area contributed by atoms with Crippen molar-refractivity contribution in [2.75, 3.05) is 32.5 Å². The van der Waals surface area contributed by atoms with E-state index in [2.05, 4.69) is 15.2 Å². The molecule has 1 heterocycles. The van der Waals surface area contributed by atoms with Crippen LogP contribution in [-0.4, -0.2) is 43.0 Å². The number of primary amides is 1. The van der Waals surface area contributed by atoms with Gasteiger partial charge in [-0.15, -0.1) is 0 Å². The van der Waals surface area contributed by atoms with E-state index in [0.29, 0.717) is 5.82 Å². The number of pyridine rings is 1. The van der Waals surface area contributed by atoms with Crippen molar-refractivity contribution in [3.8, 4) is 0 Å². The second kappa shape index (κ2) is 5.31. The lowest BCUT2D eigenvalue weighted by atomic mass is 10.3. The average Bonchev–Trinajstić information content (AvgIpc) is 2.17. The molecule has 1 aromatic rings. The van der Waals surface area contributed by atoms with Crippen molar-refractivity contribution in [2.45, 2.75) is 0 Å². The minimum absolute atomic E-state index is 0.282. The van der Waals surface area contributed by atoms with Crippen molar-refractivity contribution >= 4 is 11.7 Å². The largest absolute Gasteiger partial charge is 0.369 e. The maximum atomic E-state index is 10.9. The van der Waals surface area contributed by atoms with Crippen LogP contribution in [0, 0.1) is 0 Å². The van der Waals surface area contributed by atoms with Gasteiger partial charge in [0.1, 0.15) is 11.5 Å². The van der Waals surface area contributed by atoms with E-state index >= 15 is 0 Å². The van der Waals surface area contributed by atoms with Gasteiger partial charge in [-0.25, -0.2) is 4.98 Å². The molecule has 0 spiro atoms. The van der Waals surface area contributed by atoms with Gasteiger partial charge in [0.15, 0.2) is 0 Å². The zero-order valence-corrected chi connectivity index (χ0v) is 9.03. The van der Waals surface area contributed by atoms with Gasteiger partial charge in [-0.05, 0) is 26.2 Å². The molecule has 82 valence electrons. The highest BCUT2D eigenvalue weighted by molar-refractivity contribution is 5.91. The Hall–Kier alpha value is -1.62. The molecule has 0 aliphatic carbocycles. The van der Waals surface area contributed by atoms with Crippen LogP contribution in [0.25, 0.3) is 0 Å². The summed E-state index contributed by atoms with van der Waals surface area (Å²) in [6.45, 7) is 1.69. The number of carbonyl (C=O) groups is 1. The zero-order chi connectivity index (χ0) is 11.3. The summed E-state index contributed by atoms with van der Waals surface area (Å²) < 4.78 is 0. The molecule has 0 fully saturated rings. The summed E-state index contributed by atoms with van der Waals surface area (Å²) in [6.07, 6.45) is 0. The van der Waals surface area contributed by atoms with Crippen LogP contribution in [0.15, 0.2) is 18.2 Å². The molecule has 0 atom stereocenters. The fraction of sp³-hybridized carbons (Fsp3) is 0.400. The highest BCUT2D eigenvalue weighted by atomic mass is 16.1. The van der Waals surface area contributed by atoms with E-state index in [0.717, 1.165) is 13.1 Å². The standard InChI is InChI=1S/C10H16N4O/c1-14(2)7-6-12-9-5-3-4-8(13-9)10(11)15/h3-5H,6-7H2,1-2H3,(H2,11,15)(H,12,13). The van der Waals surface area contributed by atoms with E-state index < -0.39 is 5.91 Å². The summed E-state index contributed by atoms with van der Waals surface area (Å²) >= 11 is 0. The summed E-state index contributed by atoms with van der Waals surface area (Å²) in [5.74, 6) is 0.166. The molecule has 1 aromatic heterocycles. The number of amides is 1. The molecule has 0 bridgehead atoms. The lowest BCUT2D eigenvalue weighted by Crippen LogP contribution is -2.21. The van der Waals surface area contributed by atoms with E-state index in [4.69, 9.17) is 5.73 Å². The maximum absolute atomic E-state index is 10.9. The Bertz CT molecular complexity index is 338. The molecule has 0 aromatic carbocycles. The van der Waals surface area contributed by atoms with Gasteiger partial charge in [0.25, 0.3) is 5.91 Å². The molecule has 15 heavy (non-hydrogen) atoms. The van der Waals surface area contributed by atoms with Crippen LogP contribution in [0.1, 0.15) is 10.5 Å². The van der Waals surface area contributed by atoms with Crippen LogP contribution in [0.2, 0.25) is 0 Å². The molecule has 0 saturated carbocycles. The van der Waals surface area contributed by atoms with Crippen LogP contribution >= 0.6 is 0 Å². The molecule has 0 unspecified atom stereocenters. The normalized spacial score (nSPS) is 10.3. The number of nitrogens with two attached hydrogens (primary N) is 1. The van der Waals surface area contributed by atoms with Crippen LogP contribution in [0.3, 0.4) is 0 Å². The van der Waals surface area contributed by atoms with Gasteiger partial charge < -0.3 is 16.0 Å². The topological polar surface area (TPSA) is 71.2 Å². The third-order valence-electron chi connectivity index (χ3n) is 1.87. The van der Waals surface area contributed by atoms with Gasteiger partial charge in [0.2, 0.25) is 0 Å². The molecule has 0 saturated heterocycles. The van der Waals surface area contributed by atoms with Gasteiger partial charge in [-0.2, -0.15) is 0 Å². The Morgan fingerprint density at radius 1 is 1.53 bits per heavy atom. The molecule has 5 heteroatoms. The molecule has 0 aliphatic rings. The average molecular weight is 208 g/mol. The lowest BCUT2D eigenvalue weighted by Gasteiger charge is -2.10. The smallest absolute Gasteiger partial charge is 0.267 e. The number of hydrogen-bond acceptors (Lipinski definition) is 4. The van der Waals surface area contributed by atoms with Gasteiger partial charge in [-0.1, -0.05) is 6.07 Å². The van der Waals surface area contributed by atoms with E-state index in [-0.39, 0.29) is 5.69 Å². The summed E-state index contributed by atoms with van der Waals surface area (Å²) in [6, 6.07) is 5.16. The first-order chi connectivity index (χ1) is 7.09. The molecule has 1 rings (SSSR count). The molecule has 0 aliphatic heterocycles. The highest BCUT2D eigenvalue weighted by Crippen LogP contribution is 2.03. The van der Waals surface area contributed by atoms with Gasteiger partial charge in [0, 0.05) is 13.1 Å². The molecular weight excluding hydrogens is 192 g/mol. The highest BCUT2D eigenvalue weighted by Gasteiger charge is 2.02. The van der Waals surface area contributed by atoms with Crippen LogP contribution in [0.5, 0.6) is 0 Å². The van der Waals surface area contributed by atoms with Crippen LogP contribution in [0.4, 0.5) is 5.82 Å². The minimum Gasteiger partial charge on any atom is -0.369 e. The molecule has 1 amide bonds. The summed E-state index contributed by atoms with van der Waals surface area (Å²) in [4.78, 5) is 17.0. The number of hydrogen-bond donors (Lipinski definition) is 2. The lowest BCUT2D eigenvalue weighted by molar-refractivity contribution is 0.0995. The predicted octanol–water partition coefficient (Wildman–Crippen LogP) is 0.154. The van der Waals surface area contributed by atoms with E-state index in [9.17, 15) is 4.79 Å². The van der Waals surface area contributed by atoms with E-state index in [1.807, 2.05) is 20.2 Å².